The van der Waals surface area contributed by atoms with Gasteiger partial charge in [0.25, 0.3) is 0 Å². The van der Waals surface area contributed by atoms with Crippen molar-refractivity contribution in [1.29, 1.82) is 0 Å². The maximum Gasteiger partial charge on any atom is 0.321 e. The van der Waals surface area contributed by atoms with Gasteiger partial charge >= 0.3 is 5.97 Å². The number of hydrogen-bond acceptors (Lipinski definition) is 5. The zero-order valence-electron chi connectivity index (χ0n) is 11.3. The highest BCUT2D eigenvalue weighted by atomic mass is 35.5. The molecule has 20 heavy (non-hydrogen) atoms. The molecule has 0 radical (unpaired) electrons. The minimum Gasteiger partial charge on any atom is -0.465 e. The SMILES string of the molecule is CCOC(=O)CN(CC)S(=O)(=O)c1cc(Cl)ccc1N. The molecule has 0 aromatic heterocycles. The molecule has 0 aliphatic rings. The minimum absolute atomic E-state index is 0.0803. The molecule has 0 saturated carbocycles. The Morgan fingerprint density at radius 1 is 1.40 bits per heavy atom. The minimum atomic E-state index is -3.89. The number of anilines is 1. The number of nitrogen functional groups attached to an aromatic ring is 1. The molecule has 0 unspecified atom stereocenters. The van der Waals surface area contributed by atoms with Crippen LogP contribution in [0.4, 0.5) is 5.69 Å². The number of nitrogens with two attached hydrogens (primary N) is 1. The third kappa shape index (κ3) is 3.84. The largest absolute Gasteiger partial charge is 0.465 e. The first-order valence-corrected chi connectivity index (χ1v) is 7.85. The Labute approximate surface area is 123 Å². The standard InChI is InChI=1S/C12H17ClN2O4S/c1-3-15(8-12(16)19-4-2)20(17,18)11-7-9(13)5-6-10(11)14/h5-7H,3-4,8,14H2,1-2H3. The van der Waals surface area contributed by atoms with E-state index >= 15 is 0 Å². The van der Waals surface area contributed by atoms with Gasteiger partial charge in [0.2, 0.25) is 10.0 Å². The fourth-order valence-corrected chi connectivity index (χ4v) is 3.36. The lowest BCUT2D eigenvalue weighted by Crippen LogP contribution is -2.36. The number of carbonyl (C=O) groups is 1. The molecule has 0 aliphatic carbocycles. The maximum absolute atomic E-state index is 12.5. The van der Waals surface area contributed by atoms with E-state index in [9.17, 15) is 13.2 Å². The molecule has 1 aromatic rings. The lowest BCUT2D eigenvalue weighted by Gasteiger charge is -2.20. The second kappa shape index (κ2) is 6.92. The maximum atomic E-state index is 12.5. The molecular weight excluding hydrogens is 304 g/mol. The van der Waals surface area contributed by atoms with Gasteiger partial charge in [-0.1, -0.05) is 18.5 Å². The normalized spacial score (nSPS) is 11.6. The highest BCUT2D eigenvalue weighted by Gasteiger charge is 2.27. The summed E-state index contributed by atoms with van der Waals surface area (Å²) >= 11 is 5.80. The summed E-state index contributed by atoms with van der Waals surface area (Å²) in [6, 6.07) is 4.17. The number of ether oxygens (including phenoxy) is 1. The van der Waals surface area contributed by atoms with E-state index in [1.807, 2.05) is 0 Å². The van der Waals surface area contributed by atoms with Crippen molar-refractivity contribution in [2.45, 2.75) is 18.7 Å². The number of rotatable bonds is 6. The van der Waals surface area contributed by atoms with Crippen LogP contribution in [0.15, 0.2) is 23.1 Å². The van der Waals surface area contributed by atoms with Gasteiger partial charge in [-0.15, -0.1) is 0 Å². The first kappa shape index (κ1) is 16.7. The Morgan fingerprint density at radius 2 is 2.05 bits per heavy atom. The van der Waals surface area contributed by atoms with Gasteiger partial charge in [0.1, 0.15) is 11.4 Å². The average Bonchev–Trinajstić information content (AvgIpc) is 2.38. The summed E-state index contributed by atoms with van der Waals surface area (Å²) in [6.07, 6.45) is 0. The predicted octanol–water partition coefficient (Wildman–Crippen LogP) is 1.50. The molecule has 0 fully saturated rings. The summed E-state index contributed by atoms with van der Waals surface area (Å²) in [5, 5.41) is 0.255. The Bertz CT molecular complexity index is 589. The quantitative estimate of drug-likeness (QED) is 0.633. The van der Waals surface area contributed by atoms with Crippen LogP contribution < -0.4 is 5.73 Å². The average molecular weight is 321 g/mol. The number of sulfonamides is 1. The van der Waals surface area contributed by atoms with Crippen LogP contribution >= 0.6 is 11.6 Å². The third-order valence-corrected chi connectivity index (χ3v) is 4.77. The number of likely N-dealkylation sites (N-methyl/N-ethyl adjacent to an activating group) is 1. The van der Waals surface area contributed by atoms with Crippen molar-refractivity contribution in [1.82, 2.24) is 4.31 Å². The number of carbonyl (C=O) groups excluding carboxylic acids is 1. The van der Waals surface area contributed by atoms with Gasteiger partial charge in [-0.3, -0.25) is 4.79 Å². The number of hydrogen-bond donors (Lipinski definition) is 1. The highest BCUT2D eigenvalue weighted by molar-refractivity contribution is 7.89. The van der Waals surface area contributed by atoms with E-state index in [1.54, 1.807) is 13.8 Å². The second-order valence-electron chi connectivity index (χ2n) is 3.92. The zero-order valence-corrected chi connectivity index (χ0v) is 12.9. The molecule has 0 aliphatic heterocycles. The second-order valence-corrected chi connectivity index (χ2v) is 6.26. The molecule has 0 atom stereocenters. The molecule has 1 rings (SSSR count). The van der Waals surface area contributed by atoms with Crippen molar-refractivity contribution in [3.8, 4) is 0 Å². The predicted molar refractivity (Wildman–Crippen MR) is 76.9 cm³/mol. The topological polar surface area (TPSA) is 89.7 Å². The van der Waals surface area contributed by atoms with Crippen LogP contribution in [0.2, 0.25) is 5.02 Å². The van der Waals surface area contributed by atoms with Crippen LogP contribution in [0.5, 0.6) is 0 Å². The molecule has 0 amide bonds. The monoisotopic (exact) mass is 320 g/mol. The number of esters is 1. The summed E-state index contributed by atoms with van der Waals surface area (Å²) in [7, 11) is -3.89. The van der Waals surface area contributed by atoms with Crippen molar-refractivity contribution in [3.05, 3.63) is 23.2 Å². The van der Waals surface area contributed by atoms with E-state index in [0.717, 1.165) is 4.31 Å². The smallest absolute Gasteiger partial charge is 0.321 e. The first-order chi connectivity index (χ1) is 9.32. The van der Waals surface area contributed by atoms with Gasteiger partial charge in [-0.2, -0.15) is 4.31 Å². The summed E-state index contributed by atoms with van der Waals surface area (Å²) < 4.78 is 30.7. The van der Waals surface area contributed by atoms with E-state index in [4.69, 9.17) is 22.1 Å². The fourth-order valence-electron chi connectivity index (χ4n) is 1.59. The number of halogens is 1. The van der Waals surface area contributed by atoms with Crippen LogP contribution in [0.1, 0.15) is 13.8 Å². The van der Waals surface area contributed by atoms with E-state index in [1.165, 1.54) is 18.2 Å². The third-order valence-electron chi connectivity index (χ3n) is 2.56. The molecule has 1 aromatic carbocycles. The molecule has 112 valence electrons. The Kier molecular flexibility index (Phi) is 5.79. The molecule has 0 heterocycles. The van der Waals surface area contributed by atoms with Crippen LogP contribution in [0.25, 0.3) is 0 Å². The van der Waals surface area contributed by atoms with E-state index in [2.05, 4.69) is 0 Å². The van der Waals surface area contributed by atoms with Gasteiger partial charge in [-0.25, -0.2) is 8.42 Å². The van der Waals surface area contributed by atoms with Crippen molar-refractivity contribution in [3.63, 3.8) is 0 Å². The molecule has 8 heteroatoms. The molecule has 2 N–H and O–H groups in total. The van der Waals surface area contributed by atoms with Crippen LogP contribution in [-0.2, 0) is 19.6 Å². The van der Waals surface area contributed by atoms with Crippen molar-refractivity contribution >= 4 is 33.3 Å². The van der Waals surface area contributed by atoms with Crippen LogP contribution in [0.3, 0.4) is 0 Å². The highest BCUT2D eigenvalue weighted by Crippen LogP contribution is 2.25. The summed E-state index contributed by atoms with van der Waals surface area (Å²) in [4.78, 5) is 11.3. The van der Waals surface area contributed by atoms with Crippen LogP contribution in [-0.4, -0.2) is 38.4 Å². The van der Waals surface area contributed by atoms with E-state index < -0.39 is 16.0 Å². The lowest BCUT2D eigenvalue weighted by molar-refractivity contribution is -0.143. The molecule has 0 saturated heterocycles. The Morgan fingerprint density at radius 3 is 2.60 bits per heavy atom. The van der Waals surface area contributed by atoms with Gasteiger partial charge < -0.3 is 10.5 Å². The molecule has 6 nitrogen and oxygen atoms in total. The Hall–Kier alpha value is -1.31. The fraction of sp³-hybridized carbons (Fsp3) is 0.417. The van der Waals surface area contributed by atoms with E-state index in [-0.39, 0.29) is 35.3 Å². The number of benzene rings is 1. The molecule has 0 spiro atoms. The lowest BCUT2D eigenvalue weighted by atomic mass is 10.3. The van der Waals surface area contributed by atoms with E-state index in [0.29, 0.717) is 0 Å². The van der Waals surface area contributed by atoms with Crippen molar-refractivity contribution < 1.29 is 17.9 Å². The Balaban J connectivity index is 3.12. The first-order valence-electron chi connectivity index (χ1n) is 6.03. The summed E-state index contributed by atoms with van der Waals surface area (Å²) in [5.41, 5.74) is 5.76. The van der Waals surface area contributed by atoms with Gasteiger partial charge in [0.05, 0.1) is 12.3 Å². The summed E-state index contributed by atoms with van der Waals surface area (Å²) in [5.74, 6) is -0.612. The molecule has 0 bridgehead atoms. The van der Waals surface area contributed by atoms with Crippen molar-refractivity contribution in [2.24, 2.45) is 0 Å². The van der Waals surface area contributed by atoms with Gasteiger partial charge in [0, 0.05) is 11.6 Å². The van der Waals surface area contributed by atoms with Crippen molar-refractivity contribution in [2.75, 3.05) is 25.4 Å². The van der Waals surface area contributed by atoms with Crippen LogP contribution in [0, 0.1) is 0 Å². The summed E-state index contributed by atoms with van der Waals surface area (Å²) in [6.45, 7) is 3.22. The van der Waals surface area contributed by atoms with Gasteiger partial charge in [0.15, 0.2) is 0 Å². The van der Waals surface area contributed by atoms with Gasteiger partial charge in [-0.05, 0) is 25.1 Å². The molecular formula is C12H17ClN2O4S. The number of nitrogens with zero attached hydrogens (tertiary/aromatic N) is 1. The zero-order chi connectivity index (χ0) is 15.3.